The van der Waals surface area contributed by atoms with Gasteiger partial charge in [0, 0.05) is 12.3 Å². The summed E-state index contributed by atoms with van der Waals surface area (Å²) in [6.45, 7) is 1.20. The monoisotopic (exact) mass is 320 g/mol. The van der Waals surface area contributed by atoms with Gasteiger partial charge in [-0.05, 0) is 30.9 Å². The first-order valence-electron chi connectivity index (χ1n) is 7.87. The number of fused-ring (bicyclic) bond motifs is 2. The lowest BCUT2D eigenvalue weighted by Gasteiger charge is -2.34. The van der Waals surface area contributed by atoms with E-state index in [0.29, 0.717) is 24.5 Å². The van der Waals surface area contributed by atoms with E-state index in [1.807, 2.05) is 6.07 Å². The van der Waals surface area contributed by atoms with Crippen molar-refractivity contribution < 1.29 is 17.9 Å². The minimum Gasteiger partial charge on any atom is -0.347 e. The van der Waals surface area contributed by atoms with E-state index in [1.54, 1.807) is 24.3 Å². The van der Waals surface area contributed by atoms with E-state index in [0.717, 1.165) is 12.8 Å². The molecule has 1 aliphatic heterocycles. The van der Waals surface area contributed by atoms with E-state index < -0.39 is 15.6 Å². The van der Waals surface area contributed by atoms with Crippen LogP contribution in [0.5, 0.6) is 0 Å². The average molecular weight is 320 g/mol. The lowest BCUT2D eigenvalue weighted by molar-refractivity contribution is -0.187. The van der Waals surface area contributed by atoms with Crippen molar-refractivity contribution in [1.82, 2.24) is 0 Å². The van der Waals surface area contributed by atoms with Crippen LogP contribution in [0.1, 0.15) is 19.3 Å². The molecule has 1 aromatic carbocycles. The van der Waals surface area contributed by atoms with Gasteiger partial charge < -0.3 is 9.47 Å². The summed E-state index contributed by atoms with van der Waals surface area (Å²) < 4.78 is 37.8. The van der Waals surface area contributed by atoms with Crippen molar-refractivity contribution in [3.63, 3.8) is 0 Å². The Morgan fingerprint density at radius 2 is 1.77 bits per heavy atom. The lowest BCUT2D eigenvalue weighted by Crippen LogP contribution is -2.40. The standard InChI is InChI=1S/C17H20O4S/c18-22(19,15-4-2-1-3-5-15)16-12-14-7-6-13(16)8-9-17(14)20-10-11-21-17/h1-7,13-14,16H,8-12H2. The average Bonchev–Trinajstić information content (AvgIpc) is 2.90. The summed E-state index contributed by atoms with van der Waals surface area (Å²) in [6, 6.07) is 8.78. The number of hydrogen-bond donors (Lipinski definition) is 0. The van der Waals surface area contributed by atoms with Gasteiger partial charge in [-0.1, -0.05) is 30.4 Å². The van der Waals surface area contributed by atoms with E-state index in [2.05, 4.69) is 12.2 Å². The molecule has 0 N–H and O–H groups in total. The first kappa shape index (κ1) is 14.4. The molecule has 1 saturated carbocycles. The van der Waals surface area contributed by atoms with Gasteiger partial charge in [-0.3, -0.25) is 0 Å². The maximum absolute atomic E-state index is 13.0. The van der Waals surface area contributed by atoms with Crippen LogP contribution in [-0.2, 0) is 19.3 Å². The van der Waals surface area contributed by atoms with Crippen LogP contribution in [0.15, 0.2) is 47.4 Å². The molecule has 1 heterocycles. The van der Waals surface area contributed by atoms with Gasteiger partial charge in [0.2, 0.25) is 0 Å². The first-order chi connectivity index (χ1) is 10.6. The molecule has 3 atom stereocenters. The molecule has 22 heavy (non-hydrogen) atoms. The Labute approximate surface area is 131 Å². The summed E-state index contributed by atoms with van der Waals surface area (Å²) in [6.07, 6.45) is 6.33. The molecule has 5 rings (SSSR count). The normalized spacial score (nSPS) is 33.2. The molecule has 5 heteroatoms. The molecule has 3 unspecified atom stereocenters. The fourth-order valence-corrected chi connectivity index (χ4v) is 6.07. The molecular weight excluding hydrogens is 300 g/mol. The Morgan fingerprint density at radius 1 is 1.05 bits per heavy atom. The molecule has 0 amide bonds. The van der Waals surface area contributed by atoms with Crippen molar-refractivity contribution >= 4 is 9.84 Å². The highest BCUT2D eigenvalue weighted by Gasteiger charge is 2.51. The van der Waals surface area contributed by atoms with Crippen LogP contribution in [-0.4, -0.2) is 32.7 Å². The number of sulfone groups is 1. The number of ether oxygens (including phenoxy) is 2. The molecule has 1 aromatic rings. The number of hydrogen-bond acceptors (Lipinski definition) is 4. The van der Waals surface area contributed by atoms with Crippen LogP contribution in [0.2, 0.25) is 0 Å². The van der Waals surface area contributed by atoms with Crippen molar-refractivity contribution in [2.75, 3.05) is 13.2 Å². The molecule has 3 aliphatic carbocycles. The Bertz CT molecular complexity index is 674. The maximum Gasteiger partial charge on any atom is 0.181 e. The van der Waals surface area contributed by atoms with Gasteiger partial charge >= 0.3 is 0 Å². The third kappa shape index (κ3) is 2.14. The predicted molar refractivity (Wildman–Crippen MR) is 82.0 cm³/mol. The summed E-state index contributed by atoms with van der Waals surface area (Å²) in [4.78, 5) is 0.420. The van der Waals surface area contributed by atoms with Gasteiger partial charge in [-0.25, -0.2) is 8.42 Å². The zero-order chi connectivity index (χ0) is 15.2. The van der Waals surface area contributed by atoms with Gasteiger partial charge in [-0.15, -0.1) is 0 Å². The molecule has 4 aliphatic rings. The second kappa shape index (κ2) is 5.18. The second-order valence-corrected chi connectivity index (χ2v) is 8.50. The van der Waals surface area contributed by atoms with Crippen molar-refractivity contribution in [1.29, 1.82) is 0 Å². The second-order valence-electron chi connectivity index (χ2n) is 6.33. The molecule has 2 fully saturated rings. The van der Waals surface area contributed by atoms with Crippen LogP contribution in [0, 0.1) is 11.8 Å². The third-order valence-electron chi connectivity index (χ3n) is 5.19. The highest BCUT2D eigenvalue weighted by atomic mass is 32.2. The zero-order valence-electron chi connectivity index (χ0n) is 12.4. The lowest BCUT2D eigenvalue weighted by atomic mass is 9.88. The third-order valence-corrected chi connectivity index (χ3v) is 7.46. The Hall–Kier alpha value is -1.17. The smallest absolute Gasteiger partial charge is 0.181 e. The molecule has 118 valence electrons. The van der Waals surface area contributed by atoms with Crippen LogP contribution in [0.3, 0.4) is 0 Å². The first-order valence-corrected chi connectivity index (χ1v) is 9.42. The minimum atomic E-state index is -3.32. The maximum atomic E-state index is 13.0. The van der Waals surface area contributed by atoms with E-state index in [9.17, 15) is 8.42 Å². The van der Waals surface area contributed by atoms with Crippen LogP contribution in [0.4, 0.5) is 0 Å². The van der Waals surface area contributed by atoms with E-state index in [-0.39, 0.29) is 17.1 Å². The molecule has 2 bridgehead atoms. The van der Waals surface area contributed by atoms with Gasteiger partial charge in [-0.2, -0.15) is 0 Å². The largest absolute Gasteiger partial charge is 0.347 e. The Balaban J connectivity index is 1.69. The van der Waals surface area contributed by atoms with Crippen molar-refractivity contribution in [2.24, 2.45) is 11.8 Å². The Kier molecular flexibility index (Phi) is 3.40. The molecule has 1 spiro atoms. The summed E-state index contributed by atoms with van der Waals surface area (Å²) in [7, 11) is -3.32. The van der Waals surface area contributed by atoms with Crippen molar-refractivity contribution in [3.05, 3.63) is 42.5 Å². The summed E-state index contributed by atoms with van der Waals surface area (Å²) >= 11 is 0. The minimum absolute atomic E-state index is 0.0252. The zero-order valence-corrected chi connectivity index (χ0v) is 13.2. The topological polar surface area (TPSA) is 52.6 Å². The highest BCUT2D eigenvalue weighted by Crippen LogP contribution is 2.47. The number of allylic oxidation sites excluding steroid dienone is 1. The number of rotatable bonds is 2. The van der Waals surface area contributed by atoms with Gasteiger partial charge in [0.15, 0.2) is 15.6 Å². The molecule has 0 aromatic heterocycles. The van der Waals surface area contributed by atoms with Crippen LogP contribution >= 0.6 is 0 Å². The molecule has 0 radical (unpaired) electrons. The van der Waals surface area contributed by atoms with E-state index in [4.69, 9.17) is 9.47 Å². The van der Waals surface area contributed by atoms with Crippen molar-refractivity contribution in [3.8, 4) is 0 Å². The molecule has 1 saturated heterocycles. The van der Waals surface area contributed by atoms with Crippen molar-refractivity contribution in [2.45, 2.75) is 35.2 Å². The SMILES string of the molecule is O=S(=O)(c1ccccc1)C1CC2C=CC1CCC21OCCO1. The van der Waals surface area contributed by atoms with E-state index in [1.165, 1.54) is 0 Å². The summed E-state index contributed by atoms with van der Waals surface area (Å²) in [5.41, 5.74) is 0. The summed E-state index contributed by atoms with van der Waals surface area (Å²) in [5, 5.41) is -0.378. The number of benzene rings is 1. The Morgan fingerprint density at radius 3 is 2.50 bits per heavy atom. The fourth-order valence-electron chi connectivity index (χ4n) is 4.04. The van der Waals surface area contributed by atoms with Gasteiger partial charge in [0.25, 0.3) is 0 Å². The quantitative estimate of drug-likeness (QED) is 0.786. The van der Waals surface area contributed by atoms with Gasteiger partial charge in [0.1, 0.15) is 0 Å². The highest BCUT2D eigenvalue weighted by molar-refractivity contribution is 7.92. The predicted octanol–water partition coefficient (Wildman–Crippen LogP) is 2.56. The van der Waals surface area contributed by atoms with E-state index >= 15 is 0 Å². The fraction of sp³-hybridized carbons (Fsp3) is 0.529. The summed E-state index contributed by atoms with van der Waals surface area (Å²) in [5.74, 6) is -0.516. The van der Waals surface area contributed by atoms with Crippen LogP contribution < -0.4 is 0 Å². The molecular formula is C17H20O4S. The van der Waals surface area contributed by atoms with Crippen LogP contribution in [0.25, 0.3) is 0 Å². The molecule has 4 nitrogen and oxygen atoms in total. The van der Waals surface area contributed by atoms with Gasteiger partial charge in [0.05, 0.1) is 23.4 Å².